The number of rotatable bonds is 4. The molecule has 1 aromatic carbocycles. The molecule has 2 heterocycles. The van der Waals surface area contributed by atoms with Gasteiger partial charge in [-0.3, -0.25) is 0 Å². The van der Waals surface area contributed by atoms with Gasteiger partial charge in [-0.05, 0) is 30.2 Å². The average Bonchev–Trinajstić information content (AvgIpc) is 2.85. The summed E-state index contributed by atoms with van der Waals surface area (Å²) >= 11 is 6.04. The molecule has 0 N–H and O–H groups in total. The second kappa shape index (κ2) is 5.74. The van der Waals surface area contributed by atoms with Gasteiger partial charge in [0.25, 0.3) is 0 Å². The molecule has 0 unspecified atom stereocenters. The van der Waals surface area contributed by atoms with Gasteiger partial charge in [0.1, 0.15) is 5.82 Å². The number of pyridine rings is 1. The van der Waals surface area contributed by atoms with E-state index >= 15 is 0 Å². The molecule has 21 heavy (non-hydrogen) atoms. The van der Waals surface area contributed by atoms with Crippen LogP contribution in [0.1, 0.15) is 17.0 Å². The third-order valence-corrected chi connectivity index (χ3v) is 3.69. The minimum Gasteiger partial charge on any atom is -0.481 e. The van der Waals surface area contributed by atoms with Crippen molar-refractivity contribution in [2.75, 3.05) is 7.11 Å². The van der Waals surface area contributed by atoms with Crippen molar-refractivity contribution < 1.29 is 4.74 Å². The molecular formula is C16H16ClN3O. The van der Waals surface area contributed by atoms with Crippen molar-refractivity contribution in [3.63, 3.8) is 0 Å². The number of fused-ring (bicyclic) bond motifs is 1. The molecular weight excluding hydrogens is 286 g/mol. The van der Waals surface area contributed by atoms with E-state index in [2.05, 4.69) is 33.6 Å². The monoisotopic (exact) mass is 301 g/mol. The number of hydrogen-bond acceptors (Lipinski definition) is 3. The molecule has 0 atom stereocenters. The van der Waals surface area contributed by atoms with Crippen LogP contribution in [0.5, 0.6) is 5.88 Å². The molecule has 0 aliphatic rings. The van der Waals surface area contributed by atoms with Crippen molar-refractivity contribution in [1.29, 1.82) is 0 Å². The summed E-state index contributed by atoms with van der Waals surface area (Å²) in [6, 6.07) is 10.1. The number of aryl methyl sites for hydroxylation is 1. The highest BCUT2D eigenvalue weighted by Crippen LogP contribution is 2.21. The van der Waals surface area contributed by atoms with Crippen LogP contribution in [0.4, 0.5) is 0 Å². The van der Waals surface area contributed by atoms with Gasteiger partial charge in [0.15, 0.2) is 0 Å². The summed E-state index contributed by atoms with van der Waals surface area (Å²) in [5.41, 5.74) is 4.36. The molecule has 3 aromatic rings. The summed E-state index contributed by atoms with van der Waals surface area (Å²) < 4.78 is 7.22. The maximum Gasteiger partial charge on any atom is 0.212 e. The highest BCUT2D eigenvalue weighted by molar-refractivity contribution is 6.16. The molecule has 0 saturated carbocycles. The highest BCUT2D eigenvalue weighted by Gasteiger charge is 2.10. The van der Waals surface area contributed by atoms with Crippen molar-refractivity contribution in [2.45, 2.75) is 19.3 Å². The van der Waals surface area contributed by atoms with E-state index in [-0.39, 0.29) is 0 Å². The topological polar surface area (TPSA) is 39.9 Å². The Morgan fingerprint density at radius 2 is 2.10 bits per heavy atom. The maximum atomic E-state index is 6.04. The van der Waals surface area contributed by atoms with Crippen molar-refractivity contribution in [3.05, 3.63) is 53.5 Å². The van der Waals surface area contributed by atoms with Crippen molar-refractivity contribution in [3.8, 4) is 5.88 Å². The Labute approximate surface area is 128 Å². The number of methoxy groups -OCH3 is 1. The smallest absolute Gasteiger partial charge is 0.212 e. The van der Waals surface area contributed by atoms with Gasteiger partial charge in [0.05, 0.1) is 30.6 Å². The van der Waals surface area contributed by atoms with Crippen LogP contribution in [0.25, 0.3) is 11.0 Å². The third kappa shape index (κ3) is 2.72. The fourth-order valence-electron chi connectivity index (χ4n) is 2.37. The van der Waals surface area contributed by atoms with E-state index in [0.29, 0.717) is 18.3 Å². The Morgan fingerprint density at radius 3 is 2.76 bits per heavy atom. The summed E-state index contributed by atoms with van der Waals surface area (Å²) in [7, 11) is 1.61. The molecule has 2 aromatic heterocycles. The first-order chi connectivity index (χ1) is 10.2. The Balaban J connectivity index is 2.03. The number of nitrogens with zero attached hydrogens (tertiary/aromatic N) is 3. The zero-order chi connectivity index (χ0) is 14.8. The normalized spacial score (nSPS) is 11.0. The minimum atomic E-state index is 0.386. The van der Waals surface area contributed by atoms with E-state index < -0.39 is 0 Å². The molecule has 108 valence electrons. The largest absolute Gasteiger partial charge is 0.481 e. The van der Waals surface area contributed by atoms with E-state index in [1.807, 2.05) is 24.4 Å². The van der Waals surface area contributed by atoms with Gasteiger partial charge in [-0.25, -0.2) is 9.97 Å². The average molecular weight is 302 g/mol. The van der Waals surface area contributed by atoms with Gasteiger partial charge in [-0.1, -0.05) is 12.1 Å². The van der Waals surface area contributed by atoms with E-state index in [4.69, 9.17) is 16.3 Å². The first kappa shape index (κ1) is 13.9. The lowest BCUT2D eigenvalue weighted by molar-refractivity contribution is 0.397. The third-order valence-electron chi connectivity index (χ3n) is 3.45. The molecule has 3 rings (SSSR count). The molecule has 4 nitrogen and oxygen atoms in total. The second-order valence-corrected chi connectivity index (χ2v) is 5.22. The van der Waals surface area contributed by atoms with Crippen LogP contribution < -0.4 is 4.74 Å². The predicted molar refractivity (Wildman–Crippen MR) is 83.9 cm³/mol. The molecule has 0 radical (unpaired) electrons. The Bertz CT molecular complexity index is 765. The van der Waals surface area contributed by atoms with Gasteiger partial charge in [0, 0.05) is 12.3 Å². The van der Waals surface area contributed by atoms with Crippen LogP contribution in [0.15, 0.2) is 36.5 Å². The zero-order valence-corrected chi connectivity index (χ0v) is 12.8. The van der Waals surface area contributed by atoms with Gasteiger partial charge in [0.2, 0.25) is 5.88 Å². The Kier molecular flexibility index (Phi) is 3.80. The Hall–Kier alpha value is -2.07. The molecule has 0 amide bonds. The van der Waals surface area contributed by atoms with Gasteiger partial charge < -0.3 is 9.30 Å². The molecule has 0 aliphatic carbocycles. The molecule has 0 spiro atoms. The van der Waals surface area contributed by atoms with Crippen LogP contribution in [-0.4, -0.2) is 21.6 Å². The molecule has 0 saturated heterocycles. The Morgan fingerprint density at radius 1 is 1.24 bits per heavy atom. The minimum absolute atomic E-state index is 0.386. The number of halogens is 1. The summed E-state index contributed by atoms with van der Waals surface area (Å²) in [4.78, 5) is 8.83. The van der Waals surface area contributed by atoms with Crippen molar-refractivity contribution >= 4 is 22.6 Å². The summed E-state index contributed by atoms with van der Waals surface area (Å²) in [6.45, 7) is 2.77. The molecule has 0 bridgehead atoms. The fraction of sp³-hybridized carbons (Fsp3) is 0.250. The lowest BCUT2D eigenvalue weighted by atomic mass is 10.2. The van der Waals surface area contributed by atoms with E-state index in [0.717, 1.165) is 22.4 Å². The van der Waals surface area contributed by atoms with Crippen LogP contribution >= 0.6 is 11.6 Å². The zero-order valence-electron chi connectivity index (χ0n) is 12.0. The number of benzene rings is 1. The van der Waals surface area contributed by atoms with Crippen molar-refractivity contribution in [1.82, 2.24) is 14.5 Å². The summed E-state index contributed by atoms with van der Waals surface area (Å²) in [5.74, 6) is 1.87. The summed E-state index contributed by atoms with van der Waals surface area (Å²) in [5, 5.41) is 0. The highest BCUT2D eigenvalue weighted by atomic mass is 35.5. The van der Waals surface area contributed by atoms with Crippen LogP contribution in [0, 0.1) is 6.92 Å². The lowest BCUT2D eigenvalue weighted by Crippen LogP contribution is -2.04. The molecule has 0 fully saturated rings. The van der Waals surface area contributed by atoms with Gasteiger partial charge in [-0.15, -0.1) is 11.6 Å². The number of ether oxygens (including phenoxy) is 1. The SMILES string of the molecule is COc1ccc(Cn2c(CCl)nc3ccc(C)cc32)cn1. The van der Waals surface area contributed by atoms with Gasteiger partial charge >= 0.3 is 0 Å². The fourth-order valence-corrected chi connectivity index (χ4v) is 2.57. The van der Waals surface area contributed by atoms with E-state index in [1.54, 1.807) is 7.11 Å². The number of hydrogen-bond donors (Lipinski definition) is 0. The van der Waals surface area contributed by atoms with E-state index in [9.17, 15) is 0 Å². The first-order valence-corrected chi connectivity index (χ1v) is 7.25. The first-order valence-electron chi connectivity index (χ1n) is 6.72. The van der Waals surface area contributed by atoms with E-state index in [1.165, 1.54) is 5.56 Å². The number of alkyl halides is 1. The van der Waals surface area contributed by atoms with Gasteiger partial charge in [-0.2, -0.15) is 0 Å². The number of aromatic nitrogens is 3. The lowest BCUT2D eigenvalue weighted by Gasteiger charge is -2.08. The quantitative estimate of drug-likeness (QED) is 0.692. The number of imidazole rings is 1. The van der Waals surface area contributed by atoms with Crippen LogP contribution in [0.3, 0.4) is 0 Å². The van der Waals surface area contributed by atoms with Crippen LogP contribution in [-0.2, 0) is 12.4 Å². The summed E-state index contributed by atoms with van der Waals surface area (Å²) in [6.07, 6.45) is 1.82. The standard InChI is InChI=1S/C16H16ClN3O/c1-11-3-5-13-14(7-11)20(15(8-17)19-13)10-12-4-6-16(21-2)18-9-12/h3-7,9H,8,10H2,1-2H3. The van der Waals surface area contributed by atoms with Crippen LogP contribution in [0.2, 0.25) is 0 Å². The maximum absolute atomic E-state index is 6.04. The predicted octanol–water partition coefficient (Wildman–Crippen LogP) is 3.54. The molecule has 0 aliphatic heterocycles. The molecule has 5 heteroatoms. The van der Waals surface area contributed by atoms with Crippen molar-refractivity contribution in [2.24, 2.45) is 0 Å². The second-order valence-electron chi connectivity index (χ2n) is 4.95.